The number of carboxylic acid groups (broad SMARTS) is 1. The summed E-state index contributed by atoms with van der Waals surface area (Å²) in [5, 5.41) is 14.9. The lowest BCUT2D eigenvalue weighted by molar-refractivity contribution is -0.144. The minimum Gasteiger partial charge on any atom is -0.480 e. The first kappa shape index (κ1) is 17.1. The molecule has 1 rings (SSSR count). The summed E-state index contributed by atoms with van der Waals surface area (Å²) >= 11 is 1.41. The van der Waals surface area contributed by atoms with Crippen molar-refractivity contribution >= 4 is 29.1 Å². The van der Waals surface area contributed by atoms with Crippen molar-refractivity contribution in [2.24, 2.45) is 0 Å². The zero-order valence-electron chi connectivity index (χ0n) is 11.7. The van der Waals surface area contributed by atoms with E-state index in [4.69, 9.17) is 9.84 Å². The summed E-state index contributed by atoms with van der Waals surface area (Å²) < 4.78 is 4.84. The highest BCUT2D eigenvalue weighted by molar-refractivity contribution is 7.08. The lowest BCUT2D eigenvalue weighted by Gasteiger charge is -2.20. The number of hydrogen-bond donors (Lipinski definition) is 2. The quantitative estimate of drug-likeness (QED) is 0.689. The van der Waals surface area contributed by atoms with Crippen molar-refractivity contribution in [2.75, 3.05) is 33.4 Å². The second-order valence-corrected chi connectivity index (χ2v) is 5.00. The van der Waals surface area contributed by atoms with Gasteiger partial charge in [0.25, 0.3) is 5.91 Å². The first-order valence-corrected chi connectivity index (χ1v) is 7.27. The van der Waals surface area contributed by atoms with Crippen LogP contribution in [0.5, 0.6) is 0 Å². The summed E-state index contributed by atoms with van der Waals surface area (Å²) in [5.41, 5.74) is 0.550. The van der Waals surface area contributed by atoms with E-state index in [9.17, 15) is 14.4 Å². The molecular weight excluding hydrogens is 296 g/mol. The van der Waals surface area contributed by atoms with Crippen molar-refractivity contribution in [1.82, 2.24) is 10.2 Å². The first-order chi connectivity index (χ1) is 10.0. The lowest BCUT2D eigenvalue weighted by Crippen LogP contribution is -2.39. The summed E-state index contributed by atoms with van der Waals surface area (Å²) in [7, 11) is 1.48. The third-order valence-corrected chi connectivity index (χ3v) is 3.34. The Hall–Kier alpha value is -1.93. The molecule has 0 saturated carbocycles. The van der Waals surface area contributed by atoms with Gasteiger partial charge >= 0.3 is 5.97 Å². The van der Waals surface area contributed by atoms with Gasteiger partial charge in [0.05, 0.1) is 6.61 Å². The fraction of sp³-hybridized carbons (Fsp3) is 0.462. The number of carbonyl (C=O) groups is 3. The highest BCUT2D eigenvalue weighted by Gasteiger charge is 2.16. The van der Waals surface area contributed by atoms with Crippen molar-refractivity contribution in [1.29, 1.82) is 0 Å². The zero-order chi connectivity index (χ0) is 15.7. The predicted octanol–water partition coefficient (Wildman–Crippen LogP) is 0.428. The number of rotatable bonds is 9. The van der Waals surface area contributed by atoms with Gasteiger partial charge in [0.15, 0.2) is 0 Å². The Morgan fingerprint density at radius 3 is 2.76 bits per heavy atom. The van der Waals surface area contributed by atoms with E-state index in [1.807, 2.05) is 0 Å². The Morgan fingerprint density at radius 2 is 2.19 bits per heavy atom. The van der Waals surface area contributed by atoms with E-state index >= 15 is 0 Å². The molecule has 116 valence electrons. The molecule has 0 unspecified atom stereocenters. The molecule has 0 atom stereocenters. The Balaban J connectivity index is 2.38. The third kappa shape index (κ3) is 6.37. The molecule has 2 amide bonds. The van der Waals surface area contributed by atoms with Crippen molar-refractivity contribution in [2.45, 2.75) is 6.42 Å². The van der Waals surface area contributed by atoms with Crippen LogP contribution >= 0.6 is 11.3 Å². The smallest absolute Gasteiger partial charge is 0.323 e. The number of nitrogens with one attached hydrogen (secondary N) is 1. The van der Waals surface area contributed by atoms with E-state index in [1.54, 1.807) is 16.8 Å². The van der Waals surface area contributed by atoms with Gasteiger partial charge < -0.3 is 20.1 Å². The van der Waals surface area contributed by atoms with Gasteiger partial charge in [-0.2, -0.15) is 11.3 Å². The number of amides is 2. The van der Waals surface area contributed by atoms with Gasteiger partial charge in [-0.3, -0.25) is 14.4 Å². The molecule has 7 nitrogen and oxygen atoms in total. The molecule has 0 spiro atoms. The maximum atomic E-state index is 11.9. The number of ether oxygens (including phenoxy) is 1. The topological polar surface area (TPSA) is 95.9 Å². The fourth-order valence-corrected chi connectivity index (χ4v) is 2.23. The first-order valence-electron chi connectivity index (χ1n) is 6.33. The molecule has 0 radical (unpaired) electrons. The van der Waals surface area contributed by atoms with Gasteiger partial charge in [-0.15, -0.1) is 0 Å². The molecule has 2 N–H and O–H groups in total. The number of thiophene rings is 1. The SMILES string of the molecule is COCCN(CC(=O)O)C(=O)CCNC(=O)c1ccsc1. The Bertz CT molecular complexity index is 475. The minimum atomic E-state index is -1.08. The van der Waals surface area contributed by atoms with Crippen molar-refractivity contribution in [3.63, 3.8) is 0 Å². The normalized spacial score (nSPS) is 10.1. The number of carboxylic acids is 1. The van der Waals surface area contributed by atoms with Crippen LogP contribution in [0.4, 0.5) is 0 Å². The lowest BCUT2D eigenvalue weighted by atomic mass is 10.3. The molecule has 0 aliphatic rings. The van der Waals surface area contributed by atoms with Crippen LogP contribution in [-0.2, 0) is 14.3 Å². The largest absolute Gasteiger partial charge is 0.480 e. The molecular formula is C13H18N2O5S. The van der Waals surface area contributed by atoms with E-state index in [0.29, 0.717) is 5.56 Å². The summed E-state index contributed by atoms with van der Waals surface area (Å²) in [5.74, 6) is -1.66. The van der Waals surface area contributed by atoms with E-state index in [0.717, 1.165) is 0 Å². The van der Waals surface area contributed by atoms with E-state index in [2.05, 4.69) is 5.32 Å². The third-order valence-electron chi connectivity index (χ3n) is 2.65. The van der Waals surface area contributed by atoms with Gasteiger partial charge in [0, 0.05) is 37.6 Å². The van der Waals surface area contributed by atoms with Crippen LogP contribution in [-0.4, -0.2) is 61.1 Å². The minimum absolute atomic E-state index is 0.0485. The average molecular weight is 314 g/mol. The van der Waals surface area contributed by atoms with Crippen LogP contribution in [0.15, 0.2) is 16.8 Å². The van der Waals surface area contributed by atoms with Gasteiger partial charge in [0.1, 0.15) is 6.54 Å². The molecule has 21 heavy (non-hydrogen) atoms. The van der Waals surface area contributed by atoms with Crippen LogP contribution < -0.4 is 5.32 Å². The van der Waals surface area contributed by atoms with Crippen LogP contribution in [0, 0.1) is 0 Å². The molecule has 1 aromatic heterocycles. The number of aliphatic carboxylic acids is 1. The molecule has 1 heterocycles. The molecule has 0 aliphatic carbocycles. The van der Waals surface area contributed by atoms with Crippen LogP contribution in [0.2, 0.25) is 0 Å². The maximum Gasteiger partial charge on any atom is 0.323 e. The van der Waals surface area contributed by atoms with Crippen LogP contribution in [0.3, 0.4) is 0 Å². The van der Waals surface area contributed by atoms with E-state index < -0.39 is 5.97 Å². The van der Waals surface area contributed by atoms with Crippen molar-refractivity contribution in [3.8, 4) is 0 Å². The molecule has 0 bridgehead atoms. The number of methoxy groups -OCH3 is 1. The predicted molar refractivity (Wildman–Crippen MR) is 77.4 cm³/mol. The molecule has 0 aliphatic heterocycles. The van der Waals surface area contributed by atoms with E-state index in [1.165, 1.54) is 23.3 Å². The summed E-state index contributed by atoms with van der Waals surface area (Å²) in [4.78, 5) is 35.5. The second kappa shape index (κ2) is 9.09. The number of carbonyl (C=O) groups excluding carboxylic acids is 2. The summed E-state index contributed by atoms with van der Waals surface area (Å²) in [6.45, 7) is 0.262. The number of nitrogens with zero attached hydrogens (tertiary/aromatic N) is 1. The second-order valence-electron chi connectivity index (χ2n) is 4.22. The number of hydrogen-bond acceptors (Lipinski definition) is 5. The fourth-order valence-electron chi connectivity index (χ4n) is 1.59. The van der Waals surface area contributed by atoms with Crippen LogP contribution in [0.25, 0.3) is 0 Å². The molecule has 1 aromatic rings. The highest BCUT2D eigenvalue weighted by Crippen LogP contribution is 2.05. The molecule has 8 heteroatoms. The van der Waals surface area contributed by atoms with Crippen molar-refractivity contribution in [3.05, 3.63) is 22.4 Å². The van der Waals surface area contributed by atoms with Gasteiger partial charge in [-0.1, -0.05) is 0 Å². The molecule has 0 aromatic carbocycles. The monoisotopic (exact) mass is 314 g/mol. The van der Waals surface area contributed by atoms with Gasteiger partial charge in [-0.05, 0) is 11.4 Å². The Morgan fingerprint density at radius 1 is 1.43 bits per heavy atom. The molecule has 0 fully saturated rings. The van der Waals surface area contributed by atoms with Gasteiger partial charge in [-0.25, -0.2) is 0 Å². The Kier molecular flexibility index (Phi) is 7.41. The molecule has 0 saturated heterocycles. The maximum absolute atomic E-state index is 11.9. The Labute approximate surface area is 126 Å². The average Bonchev–Trinajstić information content (AvgIpc) is 2.96. The summed E-state index contributed by atoms with van der Waals surface area (Å²) in [6.07, 6.45) is 0.0485. The highest BCUT2D eigenvalue weighted by atomic mass is 32.1. The van der Waals surface area contributed by atoms with Gasteiger partial charge in [0.2, 0.25) is 5.91 Å². The standard InChI is InChI=1S/C13H18N2O5S/c1-20-6-5-15(8-12(17)18)11(16)2-4-14-13(19)10-3-7-21-9-10/h3,7,9H,2,4-6,8H2,1H3,(H,14,19)(H,17,18). The van der Waals surface area contributed by atoms with Crippen LogP contribution in [0.1, 0.15) is 16.8 Å². The zero-order valence-corrected chi connectivity index (χ0v) is 12.5. The summed E-state index contributed by atoms with van der Waals surface area (Å²) in [6, 6.07) is 1.69. The van der Waals surface area contributed by atoms with E-state index in [-0.39, 0.29) is 44.5 Å². The van der Waals surface area contributed by atoms with Crippen molar-refractivity contribution < 1.29 is 24.2 Å².